The molecule has 0 aromatic carbocycles. The molecule has 0 spiro atoms. The molecule has 1 rings (SSSR count). The second kappa shape index (κ2) is 8.13. The Morgan fingerprint density at radius 3 is 2.17 bits per heavy atom. The van der Waals surface area contributed by atoms with E-state index in [1.165, 1.54) is 51.4 Å². The molecular weight excluding hydrogens is 222 g/mol. The summed E-state index contributed by atoms with van der Waals surface area (Å²) in [6.07, 6.45) is 10.5. The van der Waals surface area contributed by atoms with Gasteiger partial charge in [0.05, 0.1) is 0 Å². The van der Waals surface area contributed by atoms with Gasteiger partial charge in [0.2, 0.25) is 0 Å². The summed E-state index contributed by atoms with van der Waals surface area (Å²) >= 11 is 0. The van der Waals surface area contributed by atoms with Gasteiger partial charge in [-0.2, -0.15) is 0 Å². The Hall–Kier alpha value is -0.120. The van der Waals surface area contributed by atoms with Crippen LogP contribution in [0.4, 0.5) is 0 Å². The fraction of sp³-hybridized carbons (Fsp3) is 1.00. The number of hydrazine groups is 1. The molecule has 0 saturated heterocycles. The summed E-state index contributed by atoms with van der Waals surface area (Å²) in [6.45, 7) is 9.11. The molecule has 0 heterocycles. The normalized spacial score (nSPS) is 20.5. The standard InChI is InChI=1S/C15H33N3/c1-4-7-8-11-14(17-16)15(12-9-10-13-15)18(5-2)6-3/h14,17H,4-13,16H2,1-3H3. The Morgan fingerprint density at radius 1 is 1.11 bits per heavy atom. The average Bonchev–Trinajstić information content (AvgIpc) is 2.86. The average molecular weight is 255 g/mol. The number of rotatable bonds is 9. The molecule has 1 saturated carbocycles. The van der Waals surface area contributed by atoms with Crippen molar-refractivity contribution in [1.29, 1.82) is 0 Å². The summed E-state index contributed by atoms with van der Waals surface area (Å²) in [4.78, 5) is 2.65. The second-order valence-electron chi connectivity index (χ2n) is 5.70. The van der Waals surface area contributed by atoms with Gasteiger partial charge in [0.15, 0.2) is 0 Å². The van der Waals surface area contributed by atoms with E-state index in [1.54, 1.807) is 0 Å². The Bertz CT molecular complexity index is 208. The molecule has 1 unspecified atom stereocenters. The van der Waals surface area contributed by atoms with Gasteiger partial charge in [0, 0.05) is 11.6 Å². The van der Waals surface area contributed by atoms with Crippen LogP contribution in [-0.2, 0) is 0 Å². The maximum atomic E-state index is 5.89. The van der Waals surface area contributed by atoms with Crippen molar-refractivity contribution in [3.8, 4) is 0 Å². The molecule has 0 bridgehead atoms. The van der Waals surface area contributed by atoms with Crippen molar-refractivity contribution in [2.45, 2.75) is 83.7 Å². The number of nitrogens with zero attached hydrogens (tertiary/aromatic N) is 1. The van der Waals surface area contributed by atoms with Crippen LogP contribution in [0.15, 0.2) is 0 Å². The highest BCUT2D eigenvalue weighted by Crippen LogP contribution is 2.39. The van der Waals surface area contributed by atoms with Crippen LogP contribution in [0.3, 0.4) is 0 Å². The SMILES string of the molecule is CCCCCC(NN)C1(N(CC)CC)CCCC1. The van der Waals surface area contributed by atoms with E-state index in [0.29, 0.717) is 11.6 Å². The van der Waals surface area contributed by atoms with Crippen molar-refractivity contribution >= 4 is 0 Å². The Balaban J connectivity index is 2.73. The van der Waals surface area contributed by atoms with Crippen molar-refractivity contribution < 1.29 is 0 Å². The summed E-state index contributed by atoms with van der Waals surface area (Å²) < 4.78 is 0. The molecule has 3 heteroatoms. The Morgan fingerprint density at radius 2 is 1.72 bits per heavy atom. The van der Waals surface area contributed by atoms with Gasteiger partial charge in [-0.05, 0) is 32.4 Å². The topological polar surface area (TPSA) is 41.3 Å². The Labute approximate surface area is 113 Å². The Kier molecular flexibility index (Phi) is 7.20. The van der Waals surface area contributed by atoms with E-state index in [4.69, 9.17) is 5.84 Å². The molecule has 3 N–H and O–H groups in total. The van der Waals surface area contributed by atoms with Crippen LogP contribution in [0.1, 0.15) is 72.1 Å². The van der Waals surface area contributed by atoms with Gasteiger partial charge in [-0.3, -0.25) is 16.2 Å². The number of unbranched alkanes of at least 4 members (excludes halogenated alkanes) is 2. The molecule has 1 aliphatic carbocycles. The lowest BCUT2D eigenvalue weighted by Crippen LogP contribution is -2.61. The zero-order valence-electron chi connectivity index (χ0n) is 12.7. The minimum absolute atomic E-state index is 0.325. The van der Waals surface area contributed by atoms with Crippen molar-refractivity contribution in [2.75, 3.05) is 13.1 Å². The number of nitrogens with two attached hydrogens (primary N) is 1. The van der Waals surface area contributed by atoms with Gasteiger partial charge in [-0.15, -0.1) is 0 Å². The van der Waals surface area contributed by atoms with E-state index >= 15 is 0 Å². The van der Waals surface area contributed by atoms with Crippen LogP contribution >= 0.6 is 0 Å². The summed E-state index contributed by atoms with van der Waals surface area (Å²) in [5.41, 5.74) is 3.48. The van der Waals surface area contributed by atoms with Crippen LogP contribution in [0.5, 0.6) is 0 Å². The largest absolute Gasteiger partial charge is 0.297 e. The van der Waals surface area contributed by atoms with Crippen molar-refractivity contribution in [3.63, 3.8) is 0 Å². The first-order valence-corrected chi connectivity index (χ1v) is 7.96. The first kappa shape index (κ1) is 15.9. The maximum absolute atomic E-state index is 5.89. The van der Waals surface area contributed by atoms with Gasteiger partial charge in [-0.1, -0.05) is 52.9 Å². The van der Waals surface area contributed by atoms with Gasteiger partial charge in [0.25, 0.3) is 0 Å². The summed E-state index contributed by atoms with van der Waals surface area (Å²) in [5.74, 6) is 5.89. The van der Waals surface area contributed by atoms with Gasteiger partial charge >= 0.3 is 0 Å². The molecule has 1 aliphatic rings. The van der Waals surface area contributed by atoms with E-state index in [-0.39, 0.29) is 0 Å². The molecular formula is C15H33N3. The highest BCUT2D eigenvalue weighted by Gasteiger charge is 2.44. The zero-order valence-corrected chi connectivity index (χ0v) is 12.7. The monoisotopic (exact) mass is 255 g/mol. The van der Waals surface area contributed by atoms with E-state index in [0.717, 1.165) is 13.1 Å². The van der Waals surface area contributed by atoms with Crippen LogP contribution in [0.2, 0.25) is 0 Å². The molecule has 108 valence electrons. The molecule has 0 aromatic heterocycles. The molecule has 0 aliphatic heterocycles. The fourth-order valence-corrected chi connectivity index (χ4v) is 3.83. The third kappa shape index (κ3) is 3.46. The van der Waals surface area contributed by atoms with E-state index < -0.39 is 0 Å². The lowest BCUT2D eigenvalue weighted by atomic mass is 9.83. The van der Waals surface area contributed by atoms with E-state index in [1.807, 2.05) is 0 Å². The van der Waals surface area contributed by atoms with Gasteiger partial charge in [-0.25, -0.2) is 0 Å². The lowest BCUT2D eigenvalue weighted by Gasteiger charge is -2.46. The van der Waals surface area contributed by atoms with Crippen molar-refractivity contribution in [2.24, 2.45) is 5.84 Å². The number of nitrogens with one attached hydrogen (secondary N) is 1. The maximum Gasteiger partial charge on any atom is 0.0394 e. The molecule has 0 radical (unpaired) electrons. The smallest absolute Gasteiger partial charge is 0.0394 e. The first-order chi connectivity index (χ1) is 8.75. The van der Waals surface area contributed by atoms with Crippen LogP contribution in [0, 0.1) is 0 Å². The summed E-state index contributed by atoms with van der Waals surface area (Å²) in [7, 11) is 0. The fourth-order valence-electron chi connectivity index (χ4n) is 3.83. The highest BCUT2D eigenvalue weighted by molar-refractivity contribution is 5.02. The number of hydrogen-bond acceptors (Lipinski definition) is 3. The minimum atomic E-state index is 0.325. The van der Waals surface area contributed by atoms with Crippen LogP contribution in [0.25, 0.3) is 0 Å². The minimum Gasteiger partial charge on any atom is -0.297 e. The lowest BCUT2D eigenvalue weighted by molar-refractivity contribution is 0.0586. The van der Waals surface area contributed by atoms with Crippen molar-refractivity contribution in [1.82, 2.24) is 10.3 Å². The van der Waals surface area contributed by atoms with Gasteiger partial charge < -0.3 is 0 Å². The number of likely N-dealkylation sites (N-methyl/N-ethyl adjacent to an activating group) is 1. The second-order valence-corrected chi connectivity index (χ2v) is 5.70. The molecule has 3 nitrogen and oxygen atoms in total. The molecule has 0 amide bonds. The molecule has 1 fully saturated rings. The third-order valence-electron chi connectivity index (χ3n) is 4.81. The van der Waals surface area contributed by atoms with E-state index in [2.05, 4.69) is 31.1 Å². The zero-order chi connectivity index (χ0) is 13.4. The first-order valence-electron chi connectivity index (χ1n) is 7.96. The van der Waals surface area contributed by atoms with E-state index in [9.17, 15) is 0 Å². The molecule has 0 aromatic rings. The highest BCUT2D eigenvalue weighted by atomic mass is 15.3. The summed E-state index contributed by atoms with van der Waals surface area (Å²) in [6, 6.07) is 0.464. The molecule has 1 atom stereocenters. The van der Waals surface area contributed by atoms with Crippen LogP contribution < -0.4 is 11.3 Å². The summed E-state index contributed by atoms with van der Waals surface area (Å²) in [5, 5.41) is 0. The quantitative estimate of drug-likeness (QED) is 0.378. The van der Waals surface area contributed by atoms with Crippen molar-refractivity contribution in [3.05, 3.63) is 0 Å². The van der Waals surface area contributed by atoms with Gasteiger partial charge in [0.1, 0.15) is 0 Å². The molecule has 18 heavy (non-hydrogen) atoms. The predicted octanol–water partition coefficient (Wildman–Crippen LogP) is 3.05. The van der Waals surface area contributed by atoms with Crippen LogP contribution in [-0.4, -0.2) is 29.6 Å². The third-order valence-corrected chi connectivity index (χ3v) is 4.81. The number of hydrogen-bond donors (Lipinski definition) is 2. The predicted molar refractivity (Wildman–Crippen MR) is 79.4 cm³/mol.